The molecule has 2 atom stereocenters. The van der Waals surface area contributed by atoms with Crippen molar-refractivity contribution < 1.29 is 4.74 Å². The standard InChI is InChI=1S/C17H35N3O/c1-15(2)10-18-12-17(6-5-9-21-14-17)13-20-8-7-19(4)16(3)11-20/h15-16,18H,5-14H2,1-4H3. The predicted molar refractivity (Wildman–Crippen MR) is 88.7 cm³/mol. The van der Waals surface area contributed by atoms with Crippen LogP contribution >= 0.6 is 0 Å². The van der Waals surface area contributed by atoms with E-state index in [1.165, 1.54) is 39.0 Å². The lowest BCUT2D eigenvalue weighted by atomic mass is 9.81. The van der Waals surface area contributed by atoms with Gasteiger partial charge < -0.3 is 15.0 Å². The van der Waals surface area contributed by atoms with Crippen LogP contribution < -0.4 is 5.32 Å². The maximum Gasteiger partial charge on any atom is 0.0546 e. The van der Waals surface area contributed by atoms with Crippen LogP contribution in [0.3, 0.4) is 0 Å². The molecule has 2 saturated heterocycles. The van der Waals surface area contributed by atoms with Gasteiger partial charge in [0.05, 0.1) is 6.61 Å². The molecule has 0 spiro atoms. The summed E-state index contributed by atoms with van der Waals surface area (Å²) in [4.78, 5) is 5.13. The van der Waals surface area contributed by atoms with Gasteiger partial charge in [-0.2, -0.15) is 0 Å². The smallest absolute Gasteiger partial charge is 0.0546 e. The number of hydrogen-bond donors (Lipinski definition) is 1. The Morgan fingerprint density at radius 1 is 1.33 bits per heavy atom. The van der Waals surface area contributed by atoms with Gasteiger partial charge in [-0.15, -0.1) is 0 Å². The van der Waals surface area contributed by atoms with Crippen LogP contribution in [0.15, 0.2) is 0 Å². The maximum atomic E-state index is 5.86. The van der Waals surface area contributed by atoms with Gasteiger partial charge in [-0.3, -0.25) is 4.90 Å². The van der Waals surface area contributed by atoms with E-state index in [0.29, 0.717) is 11.5 Å². The van der Waals surface area contributed by atoms with Gasteiger partial charge in [0, 0.05) is 50.8 Å². The molecule has 0 aromatic carbocycles. The van der Waals surface area contributed by atoms with Crippen molar-refractivity contribution in [3.05, 3.63) is 0 Å². The van der Waals surface area contributed by atoms with E-state index in [1.54, 1.807) is 0 Å². The molecule has 0 aromatic rings. The summed E-state index contributed by atoms with van der Waals surface area (Å²) in [5, 5.41) is 3.69. The second kappa shape index (κ2) is 7.91. The second-order valence-electron chi connectivity index (χ2n) is 7.75. The summed E-state index contributed by atoms with van der Waals surface area (Å²) < 4.78 is 5.86. The molecule has 2 unspecified atom stereocenters. The third-order valence-electron chi connectivity index (χ3n) is 5.06. The Balaban J connectivity index is 1.89. The molecule has 4 heteroatoms. The Labute approximate surface area is 131 Å². The molecular weight excluding hydrogens is 262 g/mol. The van der Waals surface area contributed by atoms with Crippen molar-refractivity contribution in [1.29, 1.82) is 0 Å². The summed E-state index contributed by atoms with van der Waals surface area (Å²) in [7, 11) is 2.24. The fraction of sp³-hybridized carbons (Fsp3) is 1.00. The van der Waals surface area contributed by atoms with Crippen LogP contribution in [0.5, 0.6) is 0 Å². The Hall–Kier alpha value is -0.160. The van der Waals surface area contributed by atoms with Crippen molar-refractivity contribution >= 4 is 0 Å². The SMILES string of the molecule is CC(C)CNCC1(CN2CCN(C)C(C)C2)CCCOC1. The van der Waals surface area contributed by atoms with Crippen molar-refractivity contribution in [2.75, 3.05) is 59.5 Å². The summed E-state index contributed by atoms with van der Waals surface area (Å²) in [6, 6.07) is 0.670. The molecule has 0 bridgehead atoms. The normalized spacial score (nSPS) is 32.7. The van der Waals surface area contributed by atoms with Crippen LogP contribution in [0, 0.1) is 11.3 Å². The minimum absolute atomic E-state index is 0.322. The highest BCUT2D eigenvalue weighted by Gasteiger charge is 2.36. The zero-order valence-corrected chi connectivity index (χ0v) is 14.5. The quantitative estimate of drug-likeness (QED) is 0.807. The van der Waals surface area contributed by atoms with Crippen LogP contribution in [0.2, 0.25) is 0 Å². The third kappa shape index (κ3) is 5.20. The molecule has 4 nitrogen and oxygen atoms in total. The van der Waals surface area contributed by atoms with E-state index in [0.717, 1.165) is 32.2 Å². The molecule has 0 saturated carbocycles. The van der Waals surface area contributed by atoms with Gasteiger partial charge in [-0.1, -0.05) is 13.8 Å². The monoisotopic (exact) mass is 297 g/mol. The molecule has 21 heavy (non-hydrogen) atoms. The molecule has 1 N–H and O–H groups in total. The Morgan fingerprint density at radius 3 is 2.76 bits per heavy atom. The highest BCUT2D eigenvalue weighted by Crippen LogP contribution is 2.30. The Morgan fingerprint density at radius 2 is 2.14 bits per heavy atom. The number of nitrogens with zero attached hydrogens (tertiary/aromatic N) is 2. The van der Waals surface area contributed by atoms with Crippen LogP contribution in [0.25, 0.3) is 0 Å². The lowest BCUT2D eigenvalue weighted by molar-refractivity contribution is -0.0363. The minimum Gasteiger partial charge on any atom is -0.381 e. The molecule has 2 aliphatic rings. The first kappa shape index (κ1) is 17.2. The average Bonchev–Trinajstić information content (AvgIpc) is 2.43. The van der Waals surface area contributed by atoms with Gasteiger partial charge in [-0.25, -0.2) is 0 Å². The summed E-state index contributed by atoms with van der Waals surface area (Å²) in [5.41, 5.74) is 0.322. The number of rotatable bonds is 6. The molecule has 2 heterocycles. The molecule has 0 radical (unpaired) electrons. The van der Waals surface area contributed by atoms with E-state index >= 15 is 0 Å². The van der Waals surface area contributed by atoms with Crippen molar-refractivity contribution in [2.45, 2.75) is 39.7 Å². The third-order valence-corrected chi connectivity index (χ3v) is 5.06. The van der Waals surface area contributed by atoms with E-state index in [4.69, 9.17) is 4.74 Å². The highest BCUT2D eigenvalue weighted by atomic mass is 16.5. The minimum atomic E-state index is 0.322. The van der Waals surface area contributed by atoms with E-state index < -0.39 is 0 Å². The highest BCUT2D eigenvalue weighted by molar-refractivity contribution is 4.89. The van der Waals surface area contributed by atoms with E-state index in [1.807, 2.05) is 0 Å². The first-order valence-corrected chi connectivity index (χ1v) is 8.72. The molecular formula is C17H35N3O. The van der Waals surface area contributed by atoms with Gasteiger partial charge in [-0.05, 0) is 39.3 Å². The van der Waals surface area contributed by atoms with Crippen LogP contribution in [-0.2, 0) is 4.74 Å². The Bertz CT molecular complexity index is 302. The average molecular weight is 297 g/mol. The number of likely N-dealkylation sites (N-methyl/N-ethyl adjacent to an activating group) is 1. The van der Waals surface area contributed by atoms with E-state index in [9.17, 15) is 0 Å². The van der Waals surface area contributed by atoms with Gasteiger partial charge in [0.2, 0.25) is 0 Å². The molecule has 0 aliphatic carbocycles. The molecule has 2 fully saturated rings. The topological polar surface area (TPSA) is 27.7 Å². The molecule has 124 valence electrons. The van der Waals surface area contributed by atoms with E-state index in [2.05, 4.69) is 42.9 Å². The largest absolute Gasteiger partial charge is 0.381 e. The summed E-state index contributed by atoms with van der Waals surface area (Å²) in [6.07, 6.45) is 2.52. The lowest BCUT2D eigenvalue weighted by Gasteiger charge is -2.45. The molecule has 0 amide bonds. The van der Waals surface area contributed by atoms with Crippen molar-refractivity contribution in [3.8, 4) is 0 Å². The van der Waals surface area contributed by atoms with Gasteiger partial charge >= 0.3 is 0 Å². The van der Waals surface area contributed by atoms with Crippen molar-refractivity contribution in [2.24, 2.45) is 11.3 Å². The zero-order valence-electron chi connectivity index (χ0n) is 14.5. The number of hydrogen-bond acceptors (Lipinski definition) is 4. The lowest BCUT2D eigenvalue weighted by Crippen LogP contribution is -2.56. The molecule has 2 rings (SSSR count). The first-order chi connectivity index (χ1) is 10.0. The van der Waals surface area contributed by atoms with E-state index in [-0.39, 0.29) is 0 Å². The van der Waals surface area contributed by atoms with Crippen molar-refractivity contribution in [1.82, 2.24) is 15.1 Å². The fourth-order valence-corrected chi connectivity index (χ4v) is 3.60. The van der Waals surface area contributed by atoms with Gasteiger partial charge in [0.15, 0.2) is 0 Å². The summed E-state index contributed by atoms with van der Waals surface area (Å²) >= 11 is 0. The van der Waals surface area contributed by atoms with Gasteiger partial charge in [0.25, 0.3) is 0 Å². The summed E-state index contributed by atoms with van der Waals surface area (Å²) in [6.45, 7) is 15.8. The molecule has 2 aliphatic heterocycles. The van der Waals surface area contributed by atoms with Crippen LogP contribution in [-0.4, -0.2) is 75.4 Å². The van der Waals surface area contributed by atoms with Crippen LogP contribution in [0.1, 0.15) is 33.6 Å². The number of piperazine rings is 1. The first-order valence-electron chi connectivity index (χ1n) is 8.72. The fourth-order valence-electron chi connectivity index (χ4n) is 3.60. The number of ether oxygens (including phenoxy) is 1. The number of nitrogens with one attached hydrogen (secondary N) is 1. The summed E-state index contributed by atoms with van der Waals surface area (Å²) in [5.74, 6) is 0.718. The zero-order chi connectivity index (χ0) is 15.3. The van der Waals surface area contributed by atoms with Gasteiger partial charge in [0.1, 0.15) is 0 Å². The maximum absolute atomic E-state index is 5.86. The Kier molecular flexibility index (Phi) is 6.48. The van der Waals surface area contributed by atoms with Crippen LogP contribution in [0.4, 0.5) is 0 Å². The van der Waals surface area contributed by atoms with Crippen molar-refractivity contribution in [3.63, 3.8) is 0 Å². The second-order valence-corrected chi connectivity index (χ2v) is 7.75. The molecule has 0 aromatic heterocycles. The predicted octanol–water partition coefficient (Wildman–Crippen LogP) is 1.66.